The third-order valence-corrected chi connectivity index (χ3v) is 6.57. The first-order chi connectivity index (χ1) is 14.9. The first-order valence-corrected chi connectivity index (χ1v) is 11.2. The van der Waals surface area contributed by atoms with Gasteiger partial charge in [-0.3, -0.25) is 4.79 Å². The first kappa shape index (κ1) is 21.9. The van der Waals surface area contributed by atoms with Crippen LogP contribution in [0, 0.1) is 5.41 Å². The van der Waals surface area contributed by atoms with Crippen LogP contribution >= 0.6 is 23.2 Å². The van der Waals surface area contributed by atoms with Crippen molar-refractivity contribution in [3.05, 3.63) is 52.1 Å². The number of likely N-dealkylation sites (tertiary alicyclic amines) is 1. The SMILES string of the molecule is O=C(Nc1ccc(Cl)cn1)c1cc(Cl)ccc1NC(=O)N1CCC2(CCCNC2)CC1. The normalized spacial score (nSPS) is 17.9. The summed E-state index contributed by atoms with van der Waals surface area (Å²) in [5.74, 6) is -0.0624. The predicted octanol–water partition coefficient (Wildman–Crippen LogP) is 4.64. The van der Waals surface area contributed by atoms with Gasteiger partial charge in [0.25, 0.3) is 5.91 Å². The number of aromatic nitrogens is 1. The van der Waals surface area contributed by atoms with Crippen LogP contribution in [0.2, 0.25) is 10.0 Å². The number of halogens is 2. The fourth-order valence-electron chi connectivity index (χ4n) is 4.28. The summed E-state index contributed by atoms with van der Waals surface area (Å²) in [6.07, 6.45) is 5.84. The first-order valence-electron chi connectivity index (χ1n) is 10.4. The number of carbonyl (C=O) groups is 2. The van der Waals surface area contributed by atoms with Gasteiger partial charge in [0, 0.05) is 30.9 Å². The summed E-state index contributed by atoms with van der Waals surface area (Å²) in [5, 5.41) is 9.95. The second-order valence-electron chi connectivity index (χ2n) is 8.20. The van der Waals surface area contributed by atoms with E-state index in [4.69, 9.17) is 23.2 Å². The Morgan fingerprint density at radius 2 is 1.81 bits per heavy atom. The van der Waals surface area contributed by atoms with Gasteiger partial charge in [0.1, 0.15) is 5.82 Å². The lowest BCUT2D eigenvalue weighted by atomic mass is 9.73. The summed E-state index contributed by atoms with van der Waals surface area (Å²) in [4.78, 5) is 31.6. The molecular weight excluding hydrogens is 437 g/mol. The van der Waals surface area contributed by atoms with Gasteiger partial charge in [0.05, 0.1) is 16.3 Å². The lowest BCUT2D eigenvalue weighted by molar-refractivity contribution is 0.0964. The number of nitrogens with one attached hydrogen (secondary N) is 3. The molecule has 1 aromatic heterocycles. The number of urea groups is 1. The molecule has 0 radical (unpaired) electrons. The van der Waals surface area contributed by atoms with Crippen molar-refractivity contribution in [2.24, 2.45) is 5.41 Å². The maximum absolute atomic E-state index is 12.9. The van der Waals surface area contributed by atoms with Crippen LogP contribution in [0.3, 0.4) is 0 Å². The average Bonchev–Trinajstić information content (AvgIpc) is 2.77. The van der Waals surface area contributed by atoms with E-state index in [9.17, 15) is 9.59 Å². The van der Waals surface area contributed by atoms with Crippen molar-refractivity contribution >= 4 is 46.6 Å². The smallest absolute Gasteiger partial charge is 0.321 e. The van der Waals surface area contributed by atoms with Crippen LogP contribution < -0.4 is 16.0 Å². The van der Waals surface area contributed by atoms with E-state index in [0.717, 1.165) is 25.9 Å². The van der Waals surface area contributed by atoms with Crippen molar-refractivity contribution in [1.29, 1.82) is 0 Å². The van der Waals surface area contributed by atoms with E-state index in [-0.39, 0.29) is 11.6 Å². The van der Waals surface area contributed by atoms with Gasteiger partial charge < -0.3 is 20.9 Å². The molecule has 1 aromatic carbocycles. The van der Waals surface area contributed by atoms with Crippen LogP contribution in [-0.2, 0) is 0 Å². The topological polar surface area (TPSA) is 86.4 Å². The number of pyridine rings is 1. The molecule has 2 aromatic rings. The quantitative estimate of drug-likeness (QED) is 0.621. The Bertz CT molecular complexity index is 951. The van der Waals surface area contributed by atoms with Crippen molar-refractivity contribution in [3.8, 4) is 0 Å². The van der Waals surface area contributed by atoms with Gasteiger partial charge in [-0.1, -0.05) is 23.2 Å². The molecule has 164 valence electrons. The molecule has 3 N–H and O–H groups in total. The highest BCUT2D eigenvalue weighted by atomic mass is 35.5. The highest BCUT2D eigenvalue weighted by molar-refractivity contribution is 6.31. The molecule has 2 aliphatic rings. The molecule has 0 bridgehead atoms. The van der Waals surface area contributed by atoms with Crippen molar-refractivity contribution in [2.75, 3.05) is 36.8 Å². The molecule has 7 nitrogen and oxygen atoms in total. The monoisotopic (exact) mass is 461 g/mol. The molecule has 31 heavy (non-hydrogen) atoms. The van der Waals surface area contributed by atoms with Gasteiger partial charge in [0.15, 0.2) is 0 Å². The molecule has 2 fully saturated rings. The van der Waals surface area contributed by atoms with Gasteiger partial charge in [-0.2, -0.15) is 0 Å². The molecule has 4 rings (SSSR count). The van der Waals surface area contributed by atoms with Crippen LogP contribution in [0.1, 0.15) is 36.0 Å². The van der Waals surface area contributed by atoms with Crippen LogP contribution in [0.5, 0.6) is 0 Å². The lowest BCUT2D eigenvalue weighted by Gasteiger charge is -2.44. The summed E-state index contributed by atoms with van der Waals surface area (Å²) >= 11 is 12.0. The minimum Gasteiger partial charge on any atom is -0.324 e. The Hall–Kier alpha value is -2.35. The summed E-state index contributed by atoms with van der Waals surface area (Å²) in [6, 6.07) is 7.85. The van der Waals surface area contributed by atoms with Crippen molar-refractivity contribution in [3.63, 3.8) is 0 Å². The number of hydrogen-bond donors (Lipinski definition) is 3. The van der Waals surface area contributed by atoms with Crippen LogP contribution in [0.25, 0.3) is 0 Å². The van der Waals surface area contributed by atoms with E-state index in [1.807, 2.05) is 4.90 Å². The summed E-state index contributed by atoms with van der Waals surface area (Å²) in [6.45, 7) is 3.52. The number of rotatable bonds is 3. The van der Waals surface area contributed by atoms with Crippen molar-refractivity contribution in [2.45, 2.75) is 25.7 Å². The molecule has 0 unspecified atom stereocenters. The Labute approximate surface area is 191 Å². The number of amides is 3. The van der Waals surface area contributed by atoms with E-state index >= 15 is 0 Å². The van der Waals surface area contributed by atoms with E-state index < -0.39 is 5.91 Å². The van der Waals surface area contributed by atoms with Gasteiger partial charge in [0.2, 0.25) is 0 Å². The second-order valence-corrected chi connectivity index (χ2v) is 9.08. The molecule has 2 saturated heterocycles. The third kappa shape index (κ3) is 5.29. The summed E-state index contributed by atoms with van der Waals surface area (Å²) in [5.41, 5.74) is 0.981. The van der Waals surface area contributed by atoms with Crippen LogP contribution in [0.15, 0.2) is 36.5 Å². The summed E-state index contributed by atoms with van der Waals surface area (Å²) in [7, 11) is 0. The maximum atomic E-state index is 12.9. The standard InChI is InChI=1S/C22H25Cl2N5O2/c23-15-2-4-18(17(12-15)20(30)28-19-5-3-16(24)13-26-19)27-21(31)29-10-7-22(8-11-29)6-1-9-25-14-22/h2-5,12-13,25H,1,6-11,14H2,(H,27,31)(H,26,28,30). The zero-order valence-corrected chi connectivity index (χ0v) is 18.6. The molecule has 0 saturated carbocycles. The fourth-order valence-corrected chi connectivity index (χ4v) is 4.57. The molecule has 9 heteroatoms. The predicted molar refractivity (Wildman–Crippen MR) is 123 cm³/mol. The Morgan fingerprint density at radius 1 is 1.03 bits per heavy atom. The Balaban J connectivity index is 1.43. The molecule has 0 atom stereocenters. The molecule has 1 spiro atoms. The highest BCUT2D eigenvalue weighted by Crippen LogP contribution is 2.37. The number of nitrogens with zero attached hydrogens (tertiary/aromatic N) is 2. The number of piperidine rings is 2. The second kappa shape index (κ2) is 9.42. The van der Waals surface area contributed by atoms with Crippen molar-refractivity contribution < 1.29 is 9.59 Å². The minimum atomic E-state index is -0.418. The zero-order chi connectivity index (χ0) is 21.8. The maximum Gasteiger partial charge on any atom is 0.321 e. The molecule has 0 aliphatic carbocycles. The molecular formula is C22H25Cl2N5O2. The zero-order valence-electron chi connectivity index (χ0n) is 17.1. The number of anilines is 2. The Morgan fingerprint density at radius 3 is 2.48 bits per heavy atom. The van der Waals surface area contributed by atoms with Gasteiger partial charge in [-0.05, 0) is 68.0 Å². The van der Waals surface area contributed by atoms with E-state index in [1.54, 1.807) is 24.3 Å². The molecule has 2 aliphatic heterocycles. The number of hydrogen-bond acceptors (Lipinski definition) is 4. The third-order valence-electron chi connectivity index (χ3n) is 6.11. The molecule has 3 amide bonds. The van der Waals surface area contributed by atoms with E-state index in [1.165, 1.54) is 25.1 Å². The number of carbonyl (C=O) groups excluding carboxylic acids is 2. The minimum absolute atomic E-state index is 0.209. The summed E-state index contributed by atoms with van der Waals surface area (Å²) < 4.78 is 0. The lowest BCUT2D eigenvalue weighted by Crippen LogP contribution is -2.50. The number of benzene rings is 1. The van der Waals surface area contributed by atoms with Gasteiger partial charge in [-0.25, -0.2) is 9.78 Å². The average molecular weight is 462 g/mol. The van der Waals surface area contributed by atoms with Gasteiger partial charge in [-0.15, -0.1) is 0 Å². The van der Waals surface area contributed by atoms with Crippen molar-refractivity contribution in [1.82, 2.24) is 15.2 Å². The van der Waals surface area contributed by atoms with E-state index in [0.29, 0.717) is 40.1 Å². The fraction of sp³-hybridized carbons (Fsp3) is 0.409. The van der Waals surface area contributed by atoms with Gasteiger partial charge >= 0.3 is 6.03 Å². The van der Waals surface area contributed by atoms with Crippen LogP contribution in [0.4, 0.5) is 16.3 Å². The highest BCUT2D eigenvalue weighted by Gasteiger charge is 2.36. The van der Waals surface area contributed by atoms with E-state index in [2.05, 4.69) is 20.9 Å². The van der Waals surface area contributed by atoms with Crippen LogP contribution in [-0.4, -0.2) is 48.0 Å². The molecule has 3 heterocycles. The Kier molecular flexibility index (Phi) is 6.65. The largest absolute Gasteiger partial charge is 0.324 e.